The summed E-state index contributed by atoms with van der Waals surface area (Å²) in [7, 11) is 0. The second-order valence-electron chi connectivity index (χ2n) is 13.6. The molecule has 3 fully saturated rings. The van der Waals surface area contributed by atoms with Gasteiger partial charge in [-0.2, -0.15) is 0 Å². The number of aromatic amines is 1. The smallest absolute Gasteiger partial charge is 0.350 e. The first-order valence-electron chi connectivity index (χ1n) is 17.6. The molecule has 12 heteroatoms. The first-order chi connectivity index (χ1) is 24.3. The summed E-state index contributed by atoms with van der Waals surface area (Å²) in [5.74, 6) is 0. The molecule has 2 unspecified atom stereocenters. The summed E-state index contributed by atoms with van der Waals surface area (Å²) in [6.45, 7) is 2.08. The van der Waals surface area contributed by atoms with E-state index in [0.29, 0.717) is 37.8 Å². The molecular weight excluding hydrogens is 673 g/mol. The van der Waals surface area contributed by atoms with Gasteiger partial charge < -0.3 is 14.2 Å². The molecular formula is C38H45ClN5O5P. The minimum Gasteiger partial charge on any atom is -0.350 e. The van der Waals surface area contributed by atoms with Crippen molar-refractivity contribution in [1.29, 1.82) is 0 Å². The Morgan fingerprint density at radius 2 is 1.38 bits per heavy atom. The molecule has 0 saturated carbocycles. The Morgan fingerprint density at radius 3 is 1.92 bits per heavy atom. The fraction of sp³-hybridized carbons (Fsp3) is 0.421. The van der Waals surface area contributed by atoms with Crippen LogP contribution in [-0.2, 0) is 19.4 Å². The van der Waals surface area contributed by atoms with Gasteiger partial charge in [0.2, 0.25) is 0 Å². The minimum atomic E-state index is -3.67. The summed E-state index contributed by atoms with van der Waals surface area (Å²) < 4.78 is 29.9. The average Bonchev–Trinajstić information content (AvgIpc) is 3.70. The number of nitrogens with one attached hydrogen (secondary N) is 1. The normalized spacial score (nSPS) is 22.8. The number of hydrogen-bond donors (Lipinski definition) is 1. The molecule has 3 aliphatic heterocycles. The Labute approximate surface area is 297 Å². The predicted molar refractivity (Wildman–Crippen MR) is 196 cm³/mol. The van der Waals surface area contributed by atoms with Crippen LogP contribution in [0.2, 0.25) is 0 Å². The van der Waals surface area contributed by atoms with Crippen molar-refractivity contribution in [3.05, 3.63) is 140 Å². The van der Waals surface area contributed by atoms with Crippen LogP contribution in [0.5, 0.6) is 0 Å². The fourth-order valence-corrected chi connectivity index (χ4v) is 9.89. The van der Waals surface area contributed by atoms with E-state index < -0.39 is 36.0 Å². The van der Waals surface area contributed by atoms with E-state index in [1.165, 1.54) is 17.4 Å². The molecule has 0 bridgehead atoms. The maximum Gasteiger partial charge on any atom is 0.363 e. The summed E-state index contributed by atoms with van der Waals surface area (Å²) in [4.78, 5) is 33.0. The number of likely N-dealkylation sites (tertiary alicyclic amines) is 1. The third kappa shape index (κ3) is 7.08. The van der Waals surface area contributed by atoms with Gasteiger partial charge in [-0.25, -0.2) is 9.46 Å². The van der Waals surface area contributed by atoms with E-state index in [-0.39, 0.29) is 6.61 Å². The van der Waals surface area contributed by atoms with Gasteiger partial charge in [-0.1, -0.05) is 91.0 Å². The summed E-state index contributed by atoms with van der Waals surface area (Å²) in [6.07, 6.45) is 4.39. The highest BCUT2D eigenvalue weighted by Crippen LogP contribution is 2.57. The van der Waals surface area contributed by atoms with Gasteiger partial charge in [0.1, 0.15) is 0 Å². The molecule has 1 N–H and O–H groups in total. The number of aromatic nitrogens is 2. The zero-order valence-electron chi connectivity index (χ0n) is 28.4. The van der Waals surface area contributed by atoms with Crippen molar-refractivity contribution in [2.45, 2.75) is 56.5 Å². The molecule has 0 amide bonds. The molecule has 50 heavy (non-hydrogen) atoms. The number of nitrogens with zero attached hydrogens (tertiary/aromatic N) is 4. The Hall–Kier alpha value is -3.34. The van der Waals surface area contributed by atoms with Crippen molar-refractivity contribution in [3.63, 3.8) is 0 Å². The number of morpholine rings is 1. The molecule has 1 aromatic heterocycles. The monoisotopic (exact) mass is 717 g/mol. The van der Waals surface area contributed by atoms with Crippen molar-refractivity contribution in [2.24, 2.45) is 0 Å². The topological polar surface area (TPSA) is 100 Å². The number of H-pyrrole nitrogens is 1. The summed E-state index contributed by atoms with van der Waals surface area (Å²) in [5, 5.41) is 0. The highest BCUT2D eigenvalue weighted by atomic mass is 35.7. The lowest BCUT2D eigenvalue weighted by Crippen LogP contribution is -2.58. The van der Waals surface area contributed by atoms with E-state index >= 15 is 0 Å². The van der Waals surface area contributed by atoms with Crippen LogP contribution >= 0.6 is 18.1 Å². The number of halogens is 1. The molecule has 7 rings (SSSR count). The lowest BCUT2D eigenvalue weighted by atomic mass is 9.75. The Bertz CT molecular complexity index is 1800. The third-order valence-electron chi connectivity index (χ3n) is 10.5. The van der Waals surface area contributed by atoms with Gasteiger partial charge in [0, 0.05) is 44.0 Å². The zero-order chi connectivity index (χ0) is 34.7. The zero-order valence-corrected chi connectivity index (χ0v) is 30.1. The van der Waals surface area contributed by atoms with Crippen LogP contribution in [0.3, 0.4) is 0 Å². The third-order valence-corrected chi connectivity index (χ3v) is 13.0. The minimum absolute atomic E-state index is 0.0502. The van der Waals surface area contributed by atoms with Crippen molar-refractivity contribution >= 4 is 18.1 Å². The maximum absolute atomic E-state index is 14.0. The SMILES string of the molecule is Cc1cn(C2CN(C(c3ccccc3)(c3ccccc3)c3ccccc3)C[C@@H](COP(=O)(Cl)N3CCC(N4CCCC4)CC3)O2)c(=O)[nH]c1=O. The molecule has 264 valence electrons. The van der Waals surface area contributed by atoms with Crippen molar-refractivity contribution in [2.75, 3.05) is 45.9 Å². The Kier molecular flexibility index (Phi) is 10.6. The second kappa shape index (κ2) is 15.1. The van der Waals surface area contributed by atoms with E-state index in [1.807, 2.05) is 54.6 Å². The van der Waals surface area contributed by atoms with Gasteiger partial charge in [-0.05, 0) is 73.6 Å². The average molecular weight is 718 g/mol. The van der Waals surface area contributed by atoms with Gasteiger partial charge in [-0.3, -0.25) is 23.8 Å². The van der Waals surface area contributed by atoms with E-state index in [2.05, 4.69) is 51.2 Å². The molecule has 10 nitrogen and oxygen atoms in total. The summed E-state index contributed by atoms with van der Waals surface area (Å²) in [5.41, 5.74) is 1.67. The van der Waals surface area contributed by atoms with Crippen LogP contribution in [-0.4, -0.2) is 82.0 Å². The van der Waals surface area contributed by atoms with E-state index in [0.717, 1.165) is 42.6 Å². The molecule has 3 aromatic carbocycles. The molecule has 0 radical (unpaired) electrons. The molecule has 3 aliphatic rings. The standard InChI is InChI=1S/C38H45ClN5O5P/c1-29-25-44(37(46)40-36(29)45)35-27-42(26-34(49-35)28-48-50(39,47)43-23-19-33(20-24-43)41-21-11-12-22-41)38(30-13-5-2-6-14-30,31-15-7-3-8-16-31)32-17-9-4-10-18-32/h2-10,13-18,25,33-35H,11-12,19-24,26-28H2,1H3,(H,40,45,46)/t34-,35?,50?/m0/s1. The highest BCUT2D eigenvalue weighted by molar-refractivity contribution is 7.83. The van der Waals surface area contributed by atoms with Crippen LogP contribution in [0.1, 0.15) is 54.2 Å². The quantitative estimate of drug-likeness (QED) is 0.159. The van der Waals surface area contributed by atoms with E-state index in [9.17, 15) is 14.2 Å². The van der Waals surface area contributed by atoms with Crippen LogP contribution in [0, 0.1) is 6.92 Å². The van der Waals surface area contributed by atoms with Crippen molar-refractivity contribution in [3.8, 4) is 0 Å². The lowest BCUT2D eigenvalue weighted by molar-refractivity contribution is -0.148. The number of rotatable bonds is 10. The number of piperidine rings is 1. The fourth-order valence-electron chi connectivity index (χ4n) is 8.04. The maximum atomic E-state index is 14.0. The highest BCUT2D eigenvalue weighted by Gasteiger charge is 2.47. The van der Waals surface area contributed by atoms with Gasteiger partial charge in [0.05, 0.1) is 18.2 Å². The van der Waals surface area contributed by atoms with Crippen LogP contribution in [0.25, 0.3) is 0 Å². The van der Waals surface area contributed by atoms with Crippen LogP contribution in [0.15, 0.2) is 107 Å². The molecule has 3 atom stereocenters. The number of hydrogen-bond acceptors (Lipinski definition) is 7. The second-order valence-corrected chi connectivity index (χ2v) is 16.6. The Balaban J connectivity index is 1.24. The van der Waals surface area contributed by atoms with E-state index in [4.69, 9.17) is 20.5 Å². The largest absolute Gasteiger partial charge is 0.363 e. The lowest BCUT2D eigenvalue weighted by Gasteiger charge is -2.50. The molecule has 0 spiro atoms. The first-order valence-corrected chi connectivity index (χ1v) is 20.1. The van der Waals surface area contributed by atoms with Crippen molar-refractivity contribution < 1.29 is 13.8 Å². The first kappa shape index (κ1) is 35.1. The number of benzene rings is 3. The Morgan fingerprint density at radius 1 is 0.840 bits per heavy atom. The van der Waals surface area contributed by atoms with Crippen LogP contribution < -0.4 is 11.2 Å². The number of ether oxygens (including phenoxy) is 1. The summed E-state index contributed by atoms with van der Waals surface area (Å²) in [6, 6.07) is 31.4. The summed E-state index contributed by atoms with van der Waals surface area (Å²) >= 11 is 6.75. The molecule has 0 aliphatic carbocycles. The van der Waals surface area contributed by atoms with Crippen molar-refractivity contribution in [1.82, 2.24) is 24.0 Å². The predicted octanol–water partition coefficient (Wildman–Crippen LogP) is 5.96. The molecule has 4 heterocycles. The van der Waals surface area contributed by atoms with Gasteiger partial charge in [0.25, 0.3) is 5.56 Å². The molecule has 3 saturated heterocycles. The van der Waals surface area contributed by atoms with Gasteiger partial charge in [0.15, 0.2) is 6.23 Å². The van der Waals surface area contributed by atoms with Gasteiger partial charge >= 0.3 is 12.6 Å². The number of aryl methyl sites for hydroxylation is 1. The van der Waals surface area contributed by atoms with Gasteiger partial charge in [-0.15, -0.1) is 0 Å². The molecule has 4 aromatic rings. The van der Waals surface area contributed by atoms with Crippen LogP contribution in [0.4, 0.5) is 0 Å². The van der Waals surface area contributed by atoms with E-state index in [1.54, 1.807) is 17.8 Å².